The van der Waals surface area contributed by atoms with Crippen LogP contribution in [0, 0.1) is 6.92 Å². The van der Waals surface area contributed by atoms with E-state index in [1.807, 2.05) is 0 Å². The van der Waals surface area contributed by atoms with Crippen molar-refractivity contribution in [1.29, 1.82) is 0 Å². The van der Waals surface area contributed by atoms with Crippen LogP contribution in [0.25, 0.3) is 16.1 Å². The number of rotatable bonds is 4. The predicted molar refractivity (Wildman–Crippen MR) is 83.7 cm³/mol. The highest BCUT2D eigenvalue weighted by Gasteiger charge is 2.52. The summed E-state index contributed by atoms with van der Waals surface area (Å²) in [6.07, 6.45) is -3.69. The van der Waals surface area contributed by atoms with E-state index in [0.29, 0.717) is 21.6 Å². The number of fused-ring (bicyclic) bond motifs is 1. The van der Waals surface area contributed by atoms with E-state index in [-0.39, 0.29) is 16.9 Å². The fourth-order valence-electron chi connectivity index (χ4n) is 2.33. The van der Waals surface area contributed by atoms with Gasteiger partial charge in [-0.25, -0.2) is 13.8 Å². The maximum Gasteiger partial charge on any atom is 0.434 e. The molecule has 3 rings (SSSR count). The minimum absolute atomic E-state index is 0.00792. The van der Waals surface area contributed by atoms with Gasteiger partial charge in [-0.15, -0.1) is 0 Å². The SMILES string of the molecule is Cc1nn2c(=O)c(-c3cnn(CC(F)(F)C(C)(F)F)c3)c(C(F)(F)F)nc2s1. The Morgan fingerprint density at radius 3 is 2.36 bits per heavy atom. The van der Waals surface area contributed by atoms with E-state index in [4.69, 9.17) is 0 Å². The number of aryl methyl sites for hydroxylation is 1. The lowest BCUT2D eigenvalue weighted by Crippen LogP contribution is -2.41. The van der Waals surface area contributed by atoms with Gasteiger partial charge in [-0.2, -0.15) is 36.7 Å². The van der Waals surface area contributed by atoms with Crippen molar-refractivity contribution < 1.29 is 30.7 Å². The topological polar surface area (TPSA) is 65.1 Å². The molecule has 0 aliphatic carbocycles. The first-order chi connectivity index (χ1) is 12.7. The van der Waals surface area contributed by atoms with E-state index in [0.717, 1.165) is 11.3 Å². The summed E-state index contributed by atoms with van der Waals surface area (Å²) in [7, 11) is 0. The lowest BCUT2D eigenvalue weighted by Gasteiger charge is -2.22. The Balaban J connectivity index is 2.15. The van der Waals surface area contributed by atoms with Crippen LogP contribution in [-0.2, 0) is 12.7 Å². The smallest absolute Gasteiger partial charge is 0.267 e. The molecule has 0 atom stereocenters. The molecule has 0 aliphatic rings. The van der Waals surface area contributed by atoms with Crippen molar-refractivity contribution in [3.63, 3.8) is 0 Å². The molecule has 0 N–H and O–H groups in total. The summed E-state index contributed by atoms with van der Waals surface area (Å²) in [6.45, 7) is -0.130. The van der Waals surface area contributed by atoms with Gasteiger partial charge in [0, 0.05) is 18.7 Å². The molecule has 3 heterocycles. The highest BCUT2D eigenvalue weighted by molar-refractivity contribution is 7.16. The van der Waals surface area contributed by atoms with Crippen LogP contribution >= 0.6 is 11.3 Å². The lowest BCUT2D eigenvalue weighted by atomic mass is 10.1. The first-order valence-electron chi connectivity index (χ1n) is 7.47. The number of halogens is 7. The highest BCUT2D eigenvalue weighted by atomic mass is 32.1. The van der Waals surface area contributed by atoms with Gasteiger partial charge in [-0.05, 0) is 6.92 Å². The summed E-state index contributed by atoms with van der Waals surface area (Å²) in [5.74, 6) is -8.89. The van der Waals surface area contributed by atoms with Crippen molar-refractivity contribution in [2.45, 2.75) is 38.4 Å². The van der Waals surface area contributed by atoms with Gasteiger partial charge in [-0.1, -0.05) is 11.3 Å². The largest absolute Gasteiger partial charge is 0.434 e. The molecule has 14 heteroatoms. The van der Waals surface area contributed by atoms with E-state index >= 15 is 0 Å². The molecule has 3 aromatic heterocycles. The molecule has 0 radical (unpaired) electrons. The fourth-order valence-corrected chi connectivity index (χ4v) is 3.06. The third kappa shape index (κ3) is 3.47. The Morgan fingerprint density at radius 1 is 1.14 bits per heavy atom. The molecule has 0 unspecified atom stereocenters. The first-order valence-corrected chi connectivity index (χ1v) is 8.28. The molecule has 0 aromatic carbocycles. The molecule has 0 amide bonds. The molecule has 0 aliphatic heterocycles. The Morgan fingerprint density at radius 2 is 1.79 bits per heavy atom. The molecule has 0 fully saturated rings. The van der Waals surface area contributed by atoms with Crippen LogP contribution in [-0.4, -0.2) is 36.2 Å². The monoisotopic (exact) mass is 429 g/mol. The Hall–Kier alpha value is -2.51. The van der Waals surface area contributed by atoms with Gasteiger partial charge in [0.1, 0.15) is 11.6 Å². The molecule has 6 nitrogen and oxygen atoms in total. The van der Waals surface area contributed by atoms with Gasteiger partial charge >= 0.3 is 18.0 Å². The van der Waals surface area contributed by atoms with Crippen LogP contribution in [0.2, 0.25) is 0 Å². The summed E-state index contributed by atoms with van der Waals surface area (Å²) in [5.41, 5.74) is -4.20. The first kappa shape index (κ1) is 20.2. The zero-order valence-electron chi connectivity index (χ0n) is 14.1. The van der Waals surface area contributed by atoms with Crippen molar-refractivity contribution in [2.24, 2.45) is 0 Å². The predicted octanol–water partition coefficient (Wildman–Crippen LogP) is 3.63. The van der Waals surface area contributed by atoms with Crippen LogP contribution in [0.4, 0.5) is 30.7 Å². The molecule has 152 valence electrons. The molecule has 3 aromatic rings. The molecule has 0 saturated heterocycles. The summed E-state index contributed by atoms with van der Waals surface area (Å²) in [4.78, 5) is 15.6. The third-order valence-electron chi connectivity index (χ3n) is 3.70. The molecule has 0 saturated carbocycles. The standard InChI is InChI=1S/C14H10F7N5OS/c1-6-24-26-10(27)8(9(14(19,20)21)23-11(26)28-6)7-3-22-25(4-7)5-13(17,18)12(2,15)16/h3-4H,5H2,1-2H3. The van der Waals surface area contributed by atoms with Crippen molar-refractivity contribution in [3.05, 3.63) is 33.4 Å². The van der Waals surface area contributed by atoms with Crippen molar-refractivity contribution in [3.8, 4) is 11.1 Å². The average molecular weight is 429 g/mol. The Bertz CT molecular complexity index is 1090. The minimum Gasteiger partial charge on any atom is -0.267 e. The summed E-state index contributed by atoms with van der Waals surface area (Å²) in [6, 6.07) is 0. The second-order valence-corrected chi connectivity index (χ2v) is 7.13. The maximum atomic E-state index is 13.5. The van der Waals surface area contributed by atoms with Crippen LogP contribution < -0.4 is 5.56 Å². The fraction of sp³-hybridized carbons (Fsp3) is 0.429. The van der Waals surface area contributed by atoms with Crippen molar-refractivity contribution in [1.82, 2.24) is 24.4 Å². The molecular formula is C14H10F7N5OS. The van der Waals surface area contributed by atoms with E-state index in [2.05, 4.69) is 15.2 Å². The number of hydrogen-bond donors (Lipinski definition) is 0. The second kappa shape index (κ2) is 6.25. The van der Waals surface area contributed by atoms with Gasteiger partial charge in [0.2, 0.25) is 4.96 Å². The quantitative estimate of drug-likeness (QED) is 0.595. The summed E-state index contributed by atoms with van der Waals surface area (Å²) >= 11 is 0.754. The van der Waals surface area contributed by atoms with Gasteiger partial charge in [-0.3, -0.25) is 9.48 Å². The number of alkyl halides is 7. The van der Waals surface area contributed by atoms with E-state index in [9.17, 15) is 35.5 Å². The van der Waals surface area contributed by atoms with Gasteiger partial charge in [0.05, 0.1) is 11.8 Å². The average Bonchev–Trinajstić information content (AvgIpc) is 3.10. The number of aromatic nitrogens is 5. The van der Waals surface area contributed by atoms with Crippen LogP contribution in [0.1, 0.15) is 17.6 Å². The zero-order chi connectivity index (χ0) is 21.1. The lowest BCUT2D eigenvalue weighted by molar-refractivity contribution is -0.205. The minimum atomic E-state index is -5.04. The van der Waals surface area contributed by atoms with E-state index in [1.54, 1.807) is 0 Å². The third-order valence-corrected chi connectivity index (χ3v) is 4.53. The zero-order valence-corrected chi connectivity index (χ0v) is 14.9. The molecular weight excluding hydrogens is 419 g/mol. The second-order valence-electron chi connectivity index (χ2n) is 5.97. The Kier molecular flexibility index (Phi) is 4.52. The van der Waals surface area contributed by atoms with Crippen LogP contribution in [0.15, 0.2) is 17.2 Å². The summed E-state index contributed by atoms with van der Waals surface area (Å²) < 4.78 is 94.2. The van der Waals surface area contributed by atoms with Crippen LogP contribution in [0.3, 0.4) is 0 Å². The van der Waals surface area contributed by atoms with Crippen molar-refractivity contribution >= 4 is 16.3 Å². The normalized spacial score (nSPS) is 13.5. The highest BCUT2D eigenvalue weighted by Crippen LogP contribution is 2.37. The van der Waals surface area contributed by atoms with Gasteiger partial charge in [0.25, 0.3) is 5.56 Å². The molecule has 0 spiro atoms. The van der Waals surface area contributed by atoms with Crippen LogP contribution in [0.5, 0.6) is 0 Å². The maximum absolute atomic E-state index is 13.5. The van der Waals surface area contributed by atoms with Gasteiger partial charge in [0.15, 0.2) is 5.69 Å². The number of nitrogens with zero attached hydrogens (tertiary/aromatic N) is 5. The van der Waals surface area contributed by atoms with E-state index in [1.165, 1.54) is 6.92 Å². The Labute approximate surface area is 155 Å². The molecule has 28 heavy (non-hydrogen) atoms. The van der Waals surface area contributed by atoms with E-state index < -0.39 is 46.9 Å². The van der Waals surface area contributed by atoms with Crippen molar-refractivity contribution in [2.75, 3.05) is 0 Å². The van der Waals surface area contributed by atoms with Gasteiger partial charge < -0.3 is 0 Å². The summed E-state index contributed by atoms with van der Waals surface area (Å²) in [5, 5.41) is 7.42. The molecule has 0 bridgehead atoms. The number of hydrogen-bond acceptors (Lipinski definition) is 5.